The summed E-state index contributed by atoms with van der Waals surface area (Å²) in [4.78, 5) is 35.1. The summed E-state index contributed by atoms with van der Waals surface area (Å²) in [7, 11) is 0. The number of carbonyl (C=O) groups is 3. The van der Waals surface area contributed by atoms with Crippen molar-refractivity contribution in [1.29, 1.82) is 0 Å². The van der Waals surface area contributed by atoms with Gasteiger partial charge in [0, 0.05) is 29.7 Å². The van der Waals surface area contributed by atoms with Crippen LogP contribution in [0.3, 0.4) is 0 Å². The van der Waals surface area contributed by atoms with Crippen molar-refractivity contribution in [2.45, 2.75) is 44.2 Å². The van der Waals surface area contributed by atoms with Gasteiger partial charge in [-0.1, -0.05) is 5.11 Å². The second kappa shape index (κ2) is 7.34. The van der Waals surface area contributed by atoms with Crippen LogP contribution >= 0.6 is 0 Å². The SMILES string of the molecule is [N-]=[N+]=N[C@H](CCC(=O)O)[C@@H]1CC(=O)O[C@H]1CCC(=O)O. The highest BCUT2D eigenvalue weighted by atomic mass is 16.5. The zero-order valence-corrected chi connectivity index (χ0v) is 10.6. The van der Waals surface area contributed by atoms with Gasteiger partial charge in [0.05, 0.1) is 6.42 Å². The van der Waals surface area contributed by atoms with Crippen LogP contribution in [0.5, 0.6) is 0 Å². The minimum absolute atomic E-state index is 0.00753. The minimum atomic E-state index is -1.03. The van der Waals surface area contributed by atoms with E-state index in [2.05, 4.69) is 10.0 Å². The fraction of sp³-hybridized carbons (Fsp3) is 0.727. The van der Waals surface area contributed by atoms with Crippen molar-refractivity contribution in [3.63, 3.8) is 0 Å². The molecule has 2 N–H and O–H groups in total. The van der Waals surface area contributed by atoms with Gasteiger partial charge in [-0.05, 0) is 18.4 Å². The molecule has 110 valence electrons. The van der Waals surface area contributed by atoms with Gasteiger partial charge in [-0.2, -0.15) is 0 Å². The first kappa shape index (κ1) is 15.8. The summed E-state index contributed by atoms with van der Waals surface area (Å²) in [6.07, 6.45) is -0.798. The van der Waals surface area contributed by atoms with Crippen molar-refractivity contribution in [2.75, 3.05) is 0 Å². The Bertz CT molecular complexity index is 445. The molecule has 0 saturated carbocycles. The molecule has 0 aromatic rings. The lowest BCUT2D eigenvalue weighted by atomic mass is 9.88. The van der Waals surface area contributed by atoms with Gasteiger partial charge in [-0.25, -0.2) is 0 Å². The van der Waals surface area contributed by atoms with Crippen molar-refractivity contribution in [2.24, 2.45) is 11.0 Å². The van der Waals surface area contributed by atoms with Crippen LogP contribution in [0.1, 0.15) is 32.1 Å². The molecule has 9 heteroatoms. The fourth-order valence-corrected chi connectivity index (χ4v) is 2.25. The Balaban J connectivity index is 2.74. The molecule has 0 aromatic carbocycles. The highest BCUT2D eigenvalue weighted by molar-refractivity contribution is 5.72. The Kier molecular flexibility index (Phi) is 5.79. The lowest BCUT2D eigenvalue weighted by Gasteiger charge is -2.22. The molecule has 0 unspecified atom stereocenters. The maximum absolute atomic E-state index is 11.3. The first-order chi connectivity index (χ1) is 9.43. The summed E-state index contributed by atoms with van der Waals surface area (Å²) in [5, 5.41) is 20.8. The highest BCUT2D eigenvalue weighted by Gasteiger charge is 2.39. The average molecular weight is 285 g/mol. The average Bonchev–Trinajstić information content (AvgIpc) is 2.73. The van der Waals surface area contributed by atoms with Crippen LogP contribution in [0, 0.1) is 5.92 Å². The number of aliphatic carboxylic acids is 2. The normalized spacial score (nSPS) is 22.7. The summed E-state index contributed by atoms with van der Waals surface area (Å²) in [6.45, 7) is 0. The van der Waals surface area contributed by atoms with Gasteiger partial charge < -0.3 is 14.9 Å². The van der Waals surface area contributed by atoms with Gasteiger partial charge in [0.15, 0.2) is 0 Å². The van der Waals surface area contributed by atoms with Crippen molar-refractivity contribution >= 4 is 17.9 Å². The first-order valence-corrected chi connectivity index (χ1v) is 6.11. The Labute approximate surface area is 114 Å². The minimum Gasteiger partial charge on any atom is -0.481 e. The lowest BCUT2D eigenvalue weighted by molar-refractivity contribution is -0.144. The van der Waals surface area contributed by atoms with Gasteiger partial charge in [0.2, 0.25) is 0 Å². The highest BCUT2D eigenvalue weighted by Crippen LogP contribution is 2.32. The second-order valence-electron chi connectivity index (χ2n) is 4.53. The third kappa shape index (κ3) is 4.77. The van der Waals surface area contributed by atoms with Gasteiger partial charge >= 0.3 is 17.9 Å². The van der Waals surface area contributed by atoms with Crippen molar-refractivity contribution in [3.8, 4) is 0 Å². The summed E-state index contributed by atoms with van der Waals surface area (Å²) >= 11 is 0. The molecule has 3 atom stereocenters. The molecular formula is C11H15N3O6. The predicted octanol–water partition coefficient (Wildman–Crippen LogP) is 1.33. The number of carboxylic acids is 2. The molecule has 0 radical (unpaired) electrons. The summed E-state index contributed by atoms with van der Waals surface area (Å²) in [5.41, 5.74) is 8.52. The third-order valence-corrected chi connectivity index (χ3v) is 3.15. The number of esters is 1. The summed E-state index contributed by atoms with van der Waals surface area (Å²) in [5.74, 6) is -3.01. The Morgan fingerprint density at radius 1 is 1.40 bits per heavy atom. The Morgan fingerprint density at radius 2 is 2.05 bits per heavy atom. The van der Waals surface area contributed by atoms with Crippen molar-refractivity contribution in [3.05, 3.63) is 10.4 Å². The standard InChI is InChI=1S/C11H15N3O6/c12-14-13-7(1-3-9(15)16)6-5-11(19)20-8(6)2-4-10(17)18/h6-8H,1-5H2,(H,15,16)(H,17,18)/t6-,7+,8-/m0/s1. The van der Waals surface area contributed by atoms with E-state index in [0.29, 0.717) is 0 Å². The van der Waals surface area contributed by atoms with E-state index in [1.54, 1.807) is 0 Å². The van der Waals surface area contributed by atoms with E-state index in [4.69, 9.17) is 20.5 Å². The van der Waals surface area contributed by atoms with E-state index in [-0.39, 0.29) is 32.1 Å². The number of carboxylic acid groups (broad SMARTS) is 2. The van der Waals surface area contributed by atoms with Crippen LogP contribution in [0.15, 0.2) is 5.11 Å². The number of carbonyl (C=O) groups excluding carboxylic acids is 1. The quantitative estimate of drug-likeness (QED) is 0.297. The van der Waals surface area contributed by atoms with Crippen LogP contribution in [0.25, 0.3) is 10.4 Å². The van der Waals surface area contributed by atoms with E-state index in [9.17, 15) is 14.4 Å². The summed E-state index contributed by atoms with van der Waals surface area (Å²) < 4.78 is 5.03. The number of hydrogen-bond donors (Lipinski definition) is 2. The molecule has 1 rings (SSSR count). The Hall–Kier alpha value is -2.28. The predicted molar refractivity (Wildman–Crippen MR) is 64.7 cm³/mol. The van der Waals surface area contributed by atoms with Crippen molar-refractivity contribution in [1.82, 2.24) is 0 Å². The zero-order chi connectivity index (χ0) is 15.1. The zero-order valence-electron chi connectivity index (χ0n) is 10.6. The topological polar surface area (TPSA) is 150 Å². The molecule has 1 saturated heterocycles. The van der Waals surface area contributed by atoms with E-state index in [1.165, 1.54) is 0 Å². The molecule has 0 spiro atoms. The number of ether oxygens (including phenoxy) is 1. The third-order valence-electron chi connectivity index (χ3n) is 3.15. The molecule has 9 nitrogen and oxygen atoms in total. The monoisotopic (exact) mass is 285 g/mol. The van der Waals surface area contributed by atoms with E-state index in [0.717, 1.165) is 0 Å². The van der Waals surface area contributed by atoms with Crippen molar-refractivity contribution < 1.29 is 29.3 Å². The maximum atomic E-state index is 11.3. The smallest absolute Gasteiger partial charge is 0.306 e. The largest absolute Gasteiger partial charge is 0.481 e. The van der Waals surface area contributed by atoms with Gasteiger partial charge in [0.25, 0.3) is 0 Å². The van der Waals surface area contributed by atoms with E-state index in [1.807, 2.05) is 0 Å². The lowest BCUT2D eigenvalue weighted by Crippen LogP contribution is -2.28. The molecule has 1 aliphatic rings. The number of azide groups is 1. The van der Waals surface area contributed by atoms with E-state index < -0.39 is 36.0 Å². The van der Waals surface area contributed by atoms with Crippen LogP contribution in [0.4, 0.5) is 0 Å². The summed E-state index contributed by atoms with van der Waals surface area (Å²) in [6, 6.07) is -0.693. The number of nitrogens with zero attached hydrogens (tertiary/aromatic N) is 3. The molecule has 0 aliphatic carbocycles. The second-order valence-corrected chi connectivity index (χ2v) is 4.53. The maximum Gasteiger partial charge on any atom is 0.306 e. The molecule has 20 heavy (non-hydrogen) atoms. The number of cyclic esters (lactones) is 1. The van der Waals surface area contributed by atoms with Crippen LogP contribution in [-0.2, 0) is 19.1 Å². The molecule has 1 fully saturated rings. The molecular weight excluding hydrogens is 270 g/mol. The molecule has 0 aromatic heterocycles. The number of hydrogen-bond acceptors (Lipinski definition) is 5. The Morgan fingerprint density at radius 3 is 2.60 bits per heavy atom. The molecule has 0 bridgehead atoms. The number of rotatable bonds is 8. The molecule has 1 aliphatic heterocycles. The van der Waals surface area contributed by atoms with Crippen LogP contribution < -0.4 is 0 Å². The van der Waals surface area contributed by atoms with Crippen LogP contribution in [0.2, 0.25) is 0 Å². The first-order valence-electron chi connectivity index (χ1n) is 6.11. The van der Waals surface area contributed by atoms with Gasteiger partial charge in [0.1, 0.15) is 6.10 Å². The van der Waals surface area contributed by atoms with Gasteiger partial charge in [-0.15, -0.1) is 0 Å². The van der Waals surface area contributed by atoms with Crippen LogP contribution in [-0.4, -0.2) is 40.3 Å². The molecule has 0 amide bonds. The van der Waals surface area contributed by atoms with Gasteiger partial charge in [-0.3, -0.25) is 14.4 Å². The fourth-order valence-electron chi connectivity index (χ4n) is 2.25. The molecule has 1 heterocycles. The van der Waals surface area contributed by atoms with E-state index >= 15 is 0 Å².